The van der Waals surface area contributed by atoms with Gasteiger partial charge in [0.15, 0.2) is 0 Å². The summed E-state index contributed by atoms with van der Waals surface area (Å²) in [5.41, 5.74) is 2.32. The predicted octanol–water partition coefficient (Wildman–Crippen LogP) is 2.88. The highest BCUT2D eigenvalue weighted by Gasteiger charge is 2.02. The molecule has 0 saturated heterocycles. The lowest BCUT2D eigenvalue weighted by Gasteiger charge is -2.01. The molecule has 0 unspecified atom stereocenters. The molecule has 3 aromatic carbocycles. The molecule has 0 fully saturated rings. The van der Waals surface area contributed by atoms with Crippen LogP contribution in [0.2, 0.25) is 0 Å². The van der Waals surface area contributed by atoms with Gasteiger partial charge in [-0.2, -0.15) is 0 Å². The van der Waals surface area contributed by atoms with Crippen molar-refractivity contribution in [3.63, 3.8) is 0 Å². The smallest absolute Gasteiger partial charge is 0.241 e. The fourth-order valence-corrected chi connectivity index (χ4v) is 5.39. The Labute approximate surface area is 145 Å². The molecule has 0 spiro atoms. The lowest BCUT2D eigenvalue weighted by Crippen LogP contribution is -2.08. The van der Waals surface area contributed by atoms with Gasteiger partial charge in [0.05, 0.1) is 0 Å². The number of hydrogen-bond acceptors (Lipinski definition) is 2. The monoisotopic (exact) mass is 348 g/mol. The molecule has 0 atom stereocenters. The zero-order valence-electron chi connectivity index (χ0n) is 13.4. The first-order valence-electron chi connectivity index (χ1n) is 8.00. The molecule has 2 nitrogen and oxygen atoms in total. The minimum absolute atomic E-state index is 0.700. The van der Waals surface area contributed by atoms with Crippen LogP contribution in [0.5, 0.6) is 0 Å². The van der Waals surface area contributed by atoms with Crippen LogP contribution in [-0.4, -0.2) is 26.9 Å². The molecule has 24 heavy (non-hydrogen) atoms. The fraction of sp³-hybridized carbons (Fsp3) is 0.100. The van der Waals surface area contributed by atoms with Crippen LogP contribution in [0.15, 0.2) is 84.9 Å². The maximum absolute atomic E-state index is 10.5. The molecule has 0 aliphatic carbocycles. The van der Waals surface area contributed by atoms with Crippen molar-refractivity contribution < 1.29 is 9.59 Å². The second-order valence-corrected chi connectivity index (χ2v) is 9.44. The van der Waals surface area contributed by atoms with Crippen LogP contribution in [0.25, 0.3) is 0 Å². The van der Waals surface area contributed by atoms with E-state index in [0.717, 1.165) is 20.8 Å². The fourth-order valence-electron chi connectivity index (χ4n) is 2.64. The number of hydrogen-bond donors (Lipinski definition) is 2. The second-order valence-electron chi connectivity index (χ2n) is 5.80. The van der Waals surface area contributed by atoms with Gasteiger partial charge in [0, 0.05) is 12.1 Å². The van der Waals surface area contributed by atoms with Gasteiger partial charge in [-0.3, -0.25) is 0 Å². The maximum Gasteiger partial charge on any atom is 0.241 e. The Kier molecular flexibility index (Phi) is 5.51. The first-order valence-corrected chi connectivity index (χ1v) is 11.3. The van der Waals surface area contributed by atoms with Crippen LogP contribution in [0.4, 0.5) is 0 Å². The predicted molar refractivity (Wildman–Crippen MR) is 100 cm³/mol. The van der Waals surface area contributed by atoms with E-state index in [4.69, 9.17) is 0 Å². The molecule has 0 heterocycles. The van der Waals surface area contributed by atoms with Crippen LogP contribution >= 0.6 is 0 Å². The highest BCUT2D eigenvalue weighted by molar-refractivity contribution is 6.42. The summed E-state index contributed by atoms with van der Waals surface area (Å²) >= 11 is 0. The van der Waals surface area contributed by atoms with Crippen molar-refractivity contribution in [1.82, 2.24) is 0 Å². The molecule has 120 valence electrons. The minimum Gasteiger partial charge on any atom is -0.565 e. The summed E-state index contributed by atoms with van der Waals surface area (Å²) in [5, 5.41) is 0. The van der Waals surface area contributed by atoms with Crippen molar-refractivity contribution in [2.45, 2.75) is 12.1 Å². The Balaban J connectivity index is 1.84. The third kappa shape index (κ3) is 4.37. The SMILES string of the molecule is O[Si](Cc1ccccc1)=c1ccc(=[Si](O)Cc2ccccc2)cc1. The van der Waals surface area contributed by atoms with E-state index in [-0.39, 0.29) is 0 Å². The molecule has 4 heteroatoms. The molecular weight excluding hydrogens is 328 g/mol. The Hall–Kier alpha value is -2.31. The summed E-state index contributed by atoms with van der Waals surface area (Å²) < 4.78 is 0. The standard InChI is InChI=1S/C20H20O2Si2/c21-23(15-17-7-3-1-4-8-17)19-11-13-20(14-12-19)24(22)16-18-9-5-2-6-10-18/h1-14,21-22H,15-16H2. The van der Waals surface area contributed by atoms with Gasteiger partial charge in [0.25, 0.3) is 0 Å². The molecule has 3 rings (SSSR count). The largest absolute Gasteiger partial charge is 0.565 e. The van der Waals surface area contributed by atoms with E-state index >= 15 is 0 Å². The van der Waals surface area contributed by atoms with Gasteiger partial charge < -0.3 is 9.59 Å². The molecule has 0 bridgehead atoms. The van der Waals surface area contributed by atoms with E-state index in [2.05, 4.69) is 0 Å². The Morgan fingerprint density at radius 3 is 1.17 bits per heavy atom. The topological polar surface area (TPSA) is 40.5 Å². The van der Waals surface area contributed by atoms with Crippen molar-refractivity contribution in [1.29, 1.82) is 0 Å². The van der Waals surface area contributed by atoms with Gasteiger partial charge in [-0.1, -0.05) is 84.9 Å². The van der Waals surface area contributed by atoms with Crippen molar-refractivity contribution >= 4 is 17.3 Å². The first-order chi connectivity index (χ1) is 11.7. The van der Waals surface area contributed by atoms with Gasteiger partial charge in [-0.25, -0.2) is 0 Å². The second kappa shape index (κ2) is 7.99. The molecule has 0 aliphatic heterocycles. The van der Waals surface area contributed by atoms with Gasteiger partial charge >= 0.3 is 0 Å². The molecule has 3 aromatic rings. The van der Waals surface area contributed by atoms with E-state index in [9.17, 15) is 9.59 Å². The Morgan fingerprint density at radius 2 is 0.833 bits per heavy atom. The molecular formula is C20H20O2Si2. The lowest BCUT2D eigenvalue weighted by atomic mass is 10.2. The molecule has 0 saturated carbocycles. The average molecular weight is 349 g/mol. The van der Waals surface area contributed by atoms with Crippen molar-refractivity contribution in [2.75, 3.05) is 0 Å². The van der Waals surface area contributed by atoms with Crippen LogP contribution in [0.3, 0.4) is 0 Å². The van der Waals surface area contributed by atoms with Crippen LogP contribution in [0.1, 0.15) is 11.1 Å². The maximum atomic E-state index is 10.5. The van der Waals surface area contributed by atoms with Crippen LogP contribution in [0, 0.1) is 9.63 Å². The van der Waals surface area contributed by atoms with Crippen molar-refractivity contribution in [2.24, 2.45) is 0 Å². The number of rotatable bonds is 4. The molecule has 0 aliphatic rings. The molecule has 0 radical (unpaired) electrons. The minimum atomic E-state index is -1.59. The summed E-state index contributed by atoms with van der Waals surface area (Å²) in [6.45, 7) is 0. The highest BCUT2D eigenvalue weighted by atomic mass is 28.3. The summed E-state index contributed by atoms with van der Waals surface area (Å²) in [4.78, 5) is 22.9. The zero-order chi connectivity index (χ0) is 16.8. The van der Waals surface area contributed by atoms with Gasteiger partial charge in [-0.15, -0.1) is 0 Å². The molecule has 0 aromatic heterocycles. The quantitative estimate of drug-likeness (QED) is 0.712. The van der Waals surface area contributed by atoms with E-state index in [1.165, 1.54) is 0 Å². The molecule has 2 N–H and O–H groups in total. The van der Waals surface area contributed by atoms with E-state index in [1.54, 1.807) is 0 Å². The van der Waals surface area contributed by atoms with Gasteiger partial charge in [0.1, 0.15) is 0 Å². The normalized spacial score (nSPS) is 10.3. The third-order valence-corrected chi connectivity index (χ3v) is 7.47. The van der Waals surface area contributed by atoms with Crippen molar-refractivity contribution in [3.05, 3.63) is 106 Å². The average Bonchev–Trinajstić information content (AvgIpc) is 2.63. The van der Waals surface area contributed by atoms with Gasteiger partial charge in [0.2, 0.25) is 17.3 Å². The van der Waals surface area contributed by atoms with E-state index in [0.29, 0.717) is 12.1 Å². The van der Waals surface area contributed by atoms with Crippen LogP contribution in [-0.2, 0) is 12.1 Å². The van der Waals surface area contributed by atoms with E-state index < -0.39 is 17.3 Å². The first kappa shape index (κ1) is 16.5. The van der Waals surface area contributed by atoms with Crippen molar-refractivity contribution in [3.8, 4) is 0 Å². The summed E-state index contributed by atoms with van der Waals surface area (Å²) in [7, 11) is -3.18. The lowest BCUT2D eigenvalue weighted by molar-refractivity contribution is 0.587. The Morgan fingerprint density at radius 1 is 0.500 bits per heavy atom. The highest BCUT2D eigenvalue weighted by Crippen LogP contribution is 2.03. The third-order valence-electron chi connectivity index (χ3n) is 3.98. The Bertz CT molecular complexity index is 821. The van der Waals surface area contributed by atoms with E-state index in [1.807, 2.05) is 84.9 Å². The number of benzene rings is 3. The zero-order valence-corrected chi connectivity index (χ0v) is 15.4. The van der Waals surface area contributed by atoms with Gasteiger partial charge in [-0.05, 0) is 20.8 Å². The summed E-state index contributed by atoms with van der Waals surface area (Å²) in [6.07, 6.45) is 0. The molecule has 0 amide bonds. The summed E-state index contributed by atoms with van der Waals surface area (Å²) in [6, 6.07) is 29.4. The summed E-state index contributed by atoms with van der Waals surface area (Å²) in [5.74, 6) is 0. The van der Waals surface area contributed by atoms with Crippen LogP contribution < -0.4 is 0 Å².